The Labute approximate surface area is 131 Å². The lowest BCUT2D eigenvalue weighted by Crippen LogP contribution is -2.17. The first-order valence-corrected chi connectivity index (χ1v) is 6.58. The molecule has 0 bridgehead atoms. The third kappa shape index (κ3) is 3.44. The number of nitriles is 1. The van der Waals surface area contributed by atoms with Crippen LogP contribution in [0.4, 0.5) is 11.4 Å². The van der Waals surface area contributed by atoms with E-state index in [1.54, 1.807) is 18.2 Å². The van der Waals surface area contributed by atoms with E-state index in [2.05, 4.69) is 10.7 Å². The summed E-state index contributed by atoms with van der Waals surface area (Å²) >= 11 is 11.8. The van der Waals surface area contributed by atoms with Crippen molar-refractivity contribution >= 4 is 40.5 Å². The minimum absolute atomic E-state index is 0.258. The van der Waals surface area contributed by atoms with Gasteiger partial charge in [-0.3, -0.25) is 10.6 Å². The summed E-state index contributed by atoms with van der Waals surface area (Å²) in [6.45, 7) is 0. The summed E-state index contributed by atoms with van der Waals surface area (Å²) in [5, 5.41) is 12.5. The summed E-state index contributed by atoms with van der Waals surface area (Å²) in [6, 6.07) is 11.2. The molecule has 0 radical (unpaired) electrons. The Morgan fingerprint density at radius 1 is 1.10 bits per heavy atom. The standard InChI is InChI=1S/C14H10Cl2N4O/c15-9-3-4-12(20-18)11(5-9)14(21)19-13-6-10(16)2-1-8(13)7-17/h1-6,20H,18H2,(H,19,21). The second-order valence-corrected chi connectivity index (χ2v) is 4.96. The molecular formula is C14H10Cl2N4O. The lowest BCUT2D eigenvalue weighted by molar-refractivity contribution is 0.102. The molecule has 106 valence electrons. The third-order valence-corrected chi connectivity index (χ3v) is 3.20. The molecule has 0 spiro atoms. The molecule has 2 rings (SSSR count). The number of amides is 1. The van der Waals surface area contributed by atoms with E-state index in [1.807, 2.05) is 6.07 Å². The van der Waals surface area contributed by atoms with Crippen LogP contribution >= 0.6 is 23.2 Å². The predicted molar refractivity (Wildman–Crippen MR) is 83.4 cm³/mol. The third-order valence-electron chi connectivity index (χ3n) is 2.73. The SMILES string of the molecule is N#Cc1ccc(Cl)cc1NC(=O)c1cc(Cl)ccc1NN. The summed E-state index contributed by atoms with van der Waals surface area (Å²) in [7, 11) is 0. The molecule has 0 aliphatic carbocycles. The van der Waals surface area contributed by atoms with Crippen LogP contribution in [0.3, 0.4) is 0 Å². The smallest absolute Gasteiger partial charge is 0.257 e. The van der Waals surface area contributed by atoms with Gasteiger partial charge in [0.25, 0.3) is 5.91 Å². The van der Waals surface area contributed by atoms with Gasteiger partial charge in [-0.05, 0) is 36.4 Å². The van der Waals surface area contributed by atoms with Crippen molar-refractivity contribution in [1.29, 1.82) is 5.26 Å². The molecule has 0 aliphatic rings. The molecule has 0 aromatic heterocycles. The number of halogens is 2. The lowest BCUT2D eigenvalue weighted by Gasteiger charge is -2.11. The highest BCUT2D eigenvalue weighted by molar-refractivity contribution is 6.31. The molecule has 0 fully saturated rings. The van der Waals surface area contributed by atoms with Crippen LogP contribution in [-0.2, 0) is 0 Å². The Morgan fingerprint density at radius 3 is 2.43 bits per heavy atom. The van der Waals surface area contributed by atoms with Crippen LogP contribution in [0.25, 0.3) is 0 Å². The van der Waals surface area contributed by atoms with Crippen molar-refractivity contribution in [2.45, 2.75) is 0 Å². The quantitative estimate of drug-likeness (QED) is 0.597. The first-order valence-electron chi connectivity index (χ1n) is 5.82. The molecule has 0 unspecified atom stereocenters. The molecular weight excluding hydrogens is 311 g/mol. The van der Waals surface area contributed by atoms with Crippen molar-refractivity contribution in [3.8, 4) is 6.07 Å². The van der Waals surface area contributed by atoms with Gasteiger partial charge in [0.2, 0.25) is 0 Å². The van der Waals surface area contributed by atoms with Gasteiger partial charge in [0.05, 0.1) is 22.5 Å². The number of nitrogens with one attached hydrogen (secondary N) is 2. The van der Waals surface area contributed by atoms with Crippen LogP contribution in [0.15, 0.2) is 36.4 Å². The van der Waals surface area contributed by atoms with E-state index in [1.165, 1.54) is 18.2 Å². The minimum atomic E-state index is -0.454. The van der Waals surface area contributed by atoms with Crippen LogP contribution in [0.5, 0.6) is 0 Å². The Balaban J connectivity index is 2.37. The lowest BCUT2D eigenvalue weighted by atomic mass is 10.1. The first-order chi connectivity index (χ1) is 10.0. The molecule has 7 heteroatoms. The zero-order chi connectivity index (χ0) is 15.4. The van der Waals surface area contributed by atoms with Gasteiger partial charge in [0, 0.05) is 10.0 Å². The van der Waals surface area contributed by atoms with E-state index in [4.69, 9.17) is 34.3 Å². The van der Waals surface area contributed by atoms with Gasteiger partial charge in [0.15, 0.2) is 0 Å². The summed E-state index contributed by atoms with van der Waals surface area (Å²) in [4.78, 5) is 12.3. The molecule has 0 heterocycles. The normalized spacial score (nSPS) is 9.81. The number of nitrogens with two attached hydrogens (primary N) is 1. The van der Waals surface area contributed by atoms with Crippen LogP contribution < -0.4 is 16.6 Å². The monoisotopic (exact) mass is 320 g/mol. The van der Waals surface area contributed by atoms with E-state index in [-0.39, 0.29) is 5.56 Å². The highest BCUT2D eigenvalue weighted by Gasteiger charge is 2.14. The van der Waals surface area contributed by atoms with Gasteiger partial charge < -0.3 is 10.7 Å². The number of benzene rings is 2. The van der Waals surface area contributed by atoms with E-state index >= 15 is 0 Å². The van der Waals surface area contributed by atoms with Gasteiger partial charge in [-0.1, -0.05) is 23.2 Å². The molecule has 0 saturated heterocycles. The zero-order valence-corrected chi connectivity index (χ0v) is 12.2. The minimum Gasteiger partial charge on any atom is -0.323 e. The van der Waals surface area contributed by atoms with Crippen molar-refractivity contribution in [2.75, 3.05) is 10.7 Å². The number of hydrogen-bond acceptors (Lipinski definition) is 4. The molecule has 21 heavy (non-hydrogen) atoms. The van der Waals surface area contributed by atoms with Crippen molar-refractivity contribution in [3.05, 3.63) is 57.6 Å². The average Bonchev–Trinajstić information content (AvgIpc) is 2.47. The number of anilines is 2. The number of carbonyl (C=O) groups is 1. The van der Waals surface area contributed by atoms with Gasteiger partial charge >= 0.3 is 0 Å². The zero-order valence-electron chi connectivity index (χ0n) is 10.7. The number of hydrogen-bond donors (Lipinski definition) is 3. The molecule has 0 atom stereocenters. The van der Waals surface area contributed by atoms with Gasteiger partial charge in [-0.15, -0.1) is 0 Å². The molecule has 4 N–H and O–H groups in total. The molecule has 0 aliphatic heterocycles. The first kappa shape index (κ1) is 15.1. The van der Waals surface area contributed by atoms with Crippen molar-refractivity contribution in [1.82, 2.24) is 0 Å². The van der Waals surface area contributed by atoms with E-state index in [0.717, 1.165) is 0 Å². The van der Waals surface area contributed by atoms with Crippen LogP contribution in [0.1, 0.15) is 15.9 Å². The predicted octanol–water partition coefficient (Wildman–Crippen LogP) is 3.40. The summed E-state index contributed by atoms with van der Waals surface area (Å²) < 4.78 is 0. The average molecular weight is 321 g/mol. The fourth-order valence-electron chi connectivity index (χ4n) is 1.74. The maximum Gasteiger partial charge on any atom is 0.257 e. The Kier molecular flexibility index (Phi) is 4.66. The van der Waals surface area contributed by atoms with Gasteiger partial charge in [0.1, 0.15) is 6.07 Å². The largest absolute Gasteiger partial charge is 0.323 e. The summed E-state index contributed by atoms with van der Waals surface area (Å²) in [5.41, 5.74) is 3.71. The second-order valence-electron chi connectivity index (χ2n) is 4.09. The number of nitrogen functional groups attached to an aromatic ring is 1. The molecule has 0 saturated carbocycles. The fourth-order valence-corrected chi connectivity index (χ4v) is 2.08. The second kappa shape index (κ2) is 6.46. The molecule has 2 aromatic rings. The summed E-state index contributed by atoms with van der Waals surface area (Å²) in [6.07, 6.45) is 0. The topological polar surface area (TPSA) is 90.9 Å². The Bertz CT molecular complexity index is 740. The van der Waals surface area contributed by atoms with Crippen molar-refractivity contribution in [3.63, 3.8) is 0 Å². The number of carbonyl (C=O) groups excluding carboxylic acids is 1. The van der Waals surface area contributed by atoms with Crippen LogP contribution in [0.2, 0.25) is 10.0 Å². The van der Waals surface area contributed by atoms with E-state index in [0.29, 0.717) is 27.0 Å². The number of hydrazine groups is 1. The van der Waals surface area contributed by atoms with Crippen molar-refractivity contribution in [2.24, 2.45) is 5.84 Å². The Morgan fingerprint density at radius 2 is 1.76 bits per heavy atom. The molecule has 1 amide bonds. The highest BCUT2D eigenvalue weighted by Crippen LogP contribution is 2.24. The molecule has 2 aromatic carbocycles. The van der Waals surface area contributed by atoms with Crippen molar-refractivity contribution < 1.29 is 4.79 Å². The fraction of sp³-hybridized carbons (Fsp3) is 0. The van der Waals surface area contributed by atoms with E-state index in [9.17, 15) is 4.79 Å². The number of rotatable bonds is 3. The van der Waals surface area contributed by atoms with Crippen LogP contribution in [-0.4, -0.2) is 5.91 Å². The number of nitrogens with zero attached hydrogens (tertiary/aromatic N) is 1. The van der Waals surface area contributed by atoms with E-state index < -0.39 is 5.91 Å². The summed E-state index contributed by atoms with van der Waals surface area (Å²) in [5.74, 6) is 4.91. The van der Waals surface area contributed by atoms with Gasteiger partial charge in [-0.25, -0.2) is 0 Å². The molecule has 5 nitrogen and oxygen atoms in total. The maximum absolute atomic E-state index is 12.3. The van der Waals surface area contributed by atoms with Gasteiger partial charge in [-0.2, -0.15) is 5.26 Å². The maximum atomic E-state index is 12.3. The Hall–Kier alpha value is -2.26. The highest BCUT2D eigenvalue weighted by atomic mass is 35.5. The van der Waals surface area contributed by atoms with Crippen LogP contribution in [0, 0.1) is 11.3 Å².